The lowest BCUT2D eigenvalue weighted by molar-refractivity contribution is -0.127. The van der Waals surface area contributed by atoms with Crippen molar-refractivity contribution >= 4 is 29.6 Å². The Hall–Kier alpha value is -2.01. The maximum atomic E-state index is 12.2. The lowest BCUT2D eigenvalue weighted by atomic mass is 9.88. The van der Waals surface area contributed by atoms with Gasteiger partial charge in [0.2, 0.25) is 5.91 Å². The van der Waals surface area contributed by atoms with E-state index in [0.29, 0.717) is 24.7 Å². The lowest BCUT2D eigenvalue weighted by Crippen LogP contribution is -2.53. The van der Waals surface area contributed by atoms with Crippen LogP contribution in [-0.2, 0) is 4.79 Å². The molecule has 2 aliphatic rings. The van der Waals surface area contributed by atoms with E-state index >= 15 is 0 Å². The molecule has 2 N–H and O–H groups in total. The Morgan fingerprint density at radius 2 is 1.91 bits per heavy atom. The van der Waals surface area contributed by atoms with Crippen LogP contribution in [0.2, 0.25) is 5.02 Å². The number of amides is 3. The van der Waals surface area contributed by atoms with Gasteiger partial charge in [0.1, 0.15) is 0 Å². The monoisotopic (exact) mass is 319 g/mol. The van der Waals surface area contributed by atoms with Gasteiger partial charge in [0.05, 0.1) is 5.54 Å². The van der Waals surface area contributed by atoms with Gasteiger partial charge in [-0.15, -0.1) is 0 Å². The van der Waals surface area contributed by atoms with E-state index in [1.807, 2.05) is 17.0 Å². The molecule has 1 aromatic carbocycles. The Bertz CT molecular complexity index is 604. The SMILES string of the molecule is O=C1NCC2(CCN(C(=O)/C=C/c3ccc(Cl)cc3)CC2)N1. The minimum atomic E-state index is -0.173. The van der Waals surface area contributed by atoms with E-state index in [-0.39, 0.29) is 17.5 Å². The quantitative estimate of drug-likeness (QED) is 0.819. The number of rotatable bonds is 2. The fourth-order valence-electron chi connectivity index (χ4n) is 2.88. The van der Waals surface area contributed by atoms with Crippen LogP contribution in [0.4, 0.5) is 4.79 Å². The molecule has 0 saturated carbocycles. The van der Waals surface area contributed by atoms with E-state index < -0.39 is 0 Å². The Balaban J connectivity index is 1.56. The second kappa shape index (κ2) is 6.01. The molecule has 3 rings (SSSR count). The molecule has 1 spiro atoms. The first-order valence-electron chi connectivity index (χ1n) is 7.35. The molecule has 5 nitrogen and oxygen atoms in total. The third-order valence-corrected chi connectivity index (χ3v) is 4.54. The number of carbonyl (C=O) groups is 2. The minimum absolute atomic E-state index is 0.00193. The van der Waals surface area contributed by atoms with Crippen molar-refractivity contribution in [3.05, 3.63) is 40.9 Å². The summed E-state index contributed by atoms with van der Waals surface area (Å²) >= 11 is 5.83. The summed E-state index contributed by atoms with van der Waals surface area (Å²) in [5.41, 5.74) is 0.770. The standard InChI is InChI=1S/C16H18ClN3O2/c17-13-4-1-12(2-5-13)3-6-14(21)20-9-7-16(8-10-20)11-18-15(22)19-16/h1-6H,7-11H2,(H2,18,19,22)/b6-3+. The van der Waals surface area contributed by atoms with E-state index in [9.17, 15) is 9.59 Å². The zero-order valence-corrected chi connectivity index (χ0v) is 12.9. The molecule has 0 atom stereocenters. The number of carbonyl (C=O) groups excluding carboxylic acids is 2. The van der Waals surface area contributed by atoms with E-state index in [4.69, 9.17) is 11.6 Å². The molecule has 1 aromatic rings. The summed E-state index contributed by atoms with van der Waals surface area (Å²) in [6, 6.07) is 7.23. The molecule has 6 heteroatoms. The van der Waals surface area contributed by atoms with Crippen molar-refractivity contribution in [2.45, 2.75) is 18.4 Å². The van der Waals surface area contributed by atoms with Crippen LogP contribution in [0.1, 0.15) is 18.4 Å². The van der Waals surface area contributed by atoms with Gasteiger partial charge in [0.15, 0.2) is 0 Å². The number of halogens is 1. The zero-order valence-electron chi connectivity index (χ0n) is 12.1. The molecule has 3 amide bonds. The predicted molar refractivity (Wildman–Crippen MR) is 85.6 cm³/mol. The second-order valence-electron chi connectivity index (χ2n) is 5.80. The summed E-state index contributed by atoms with van der Waals surface area (Å²) in [5, 5.41) is 6.45. The molecule has 116 valence electrons. The van der Waals surface area contributed by atoms with Crippen LogP contribution in [0.25, 0.3) is 6.08 Å². The summed E-state index contributed by atoms with van der Waals surface area (Å²) in [6.07, 6.45) is 4.95. The molecule has 2 fully saturated rings. The van der Waals surface area contributed by atoms with E-state index in [1.54, 1.807) is 24.3 Å². The highest BCUT2D eigenvalue weighted by atomic mass is 35.5. The van der Waals surface area contributed by atoms with Crippen LogP contribution in [0.3, 0.4) is 0 Å². The number of hydrogen-bond acceptors (Lipinski definition) is 2. The highest BCUT2D eigenvalue weighted by Gasteiger charge is 2.40. The van der Waals surface area contributed by atoms with Crippen molar-refractivity contribution in [1.29, 1.82) is 0 Å². The number of hydrogen-bond donors (Lipinski definition) is 2. The highest BCUT2D eigenvalue weighted by molar-refractivity contribution is 6.30. The Labute approximate surface area is 134 Å². The molecule has 0 aliphatic carbocycles. The molecule has 2 saturated heterocycles. The predicted octanol–water partition coefficient (Wildman–Crippen LogP) is 2.03. The van der Waals surface area contributed by atoms with E-state index in [1.165, 1.54) is 0 Å². The fourth-order valence-corrected chi connectivity index (χ4v) is 3.01. The highest BCUT2D eigenvalue weighted by Crippen LogP contribution is 2.24. The van der Waals surface area contributed by atoms with Crippen LogP contribution in [0.15, 0.2) is 30.3 Å². The normalized spacial score (nSPS) is 20.2. The van der Waals surface area contributed by atoms with Crippen molar-refractivity contribution < 1.29 is 9.59 Å². The van der Waals surface area contributed by atoms with Crippen LogP contribution < -0.4 is 10.6 Å². The van der Waals surface area contributed by atoms with Crippen molar-refractivity contribution in [3.63, 3.8) is 0 Å². The summed E-state index contributed by atoms with van der Waals surface area (Å²) in [6.45, 7) is 1.96. The van der Waals surface area contributed by atoms with Crippen LogP contribution in [0, 0.1) is 0 Å². The van der Waals surface area contributed by atoms with Crippen LogP contribution in [0.5, 0.6) is 0 Å². The average molecular weight is 320 g/mol. The zero-order chi connectivity index (χ0) is 15.6. The first-order chi connectivity index (χ1) is 10.6. The second-order valence-corrected chi connectivity index (χ2v) is 6.23. The number of likely N-dealkylation sites (tertiary alicyclic amines) is 1. The van der Waals surface area contributed by atoms with Crippen molar-refractivity contribution in [1.82, 2.24) is 15.5 Å². The number of nitrogens with one attached hydrogen (secondary N) is 2. The van der Waals surface area contributed by atoms with Gasteiger partial charge in [0.25, 0.3) is 0 Å². The van der Waals surface area contributed by atoms with Gasteiger partial charge in [-0.25, -0.2) is 4.79 Å². The lowest BCUT2D eigenvalue weighted by Gasteiger charge is -2.37. The van der Waals surface area contributed by atoms with Crippen molar-refractivity contribution in [2.24, 2.45) is 0 Å². The number of piperidine rings is 1. The third kappa shape index (κ3) is 3.25. The number of nitrogens with zero attached hydrogens (tertiary/aromatic N) is 1. The summed E-state index contributed by atoms with van der Waals surface area (Å²) in [5.74, 6) is 0.00193. The first kappa shape index (κ1) is 14.9. The van der Waals surface area contributed by atoms with Gasteiger partial charge < -0.3 is 15.5 Å². The van der Waals surface area contributed by atoms with Crippen LogP contribution >= 0.6 is 11.6 Å². The maximum absolute atomic E-state index is 12.2. The van der Waals surface area contributed by atoms with Gasteiger partial charge in [-0.1, -0.05) is 23.7 Å². The van der Waals surface area contributed by atoms with Gasteiger partial charge in [-0.2, -0.15) is 0 Å². The molecule has 2 heterocycles. The van der Waals surface area contributed by atoms with Gasteiger partial charge >= 0.3 is 6.03 Å². The molecule has 0 radical (unpaired) electrons. The van der Waals surface area contributed by atoms with Crippen molar-refractivity contribution in [2.75, 3.05) is 19.6 Å². The van der Waals surface area contributed by atoms with Gasteiger partial charge in [-0.05, 0) is 36.6 Å². The average Bonchev–Trinajstić information content (AvgIpc) is 2.88. The Morgan fingerprint density at radius 3 is 2.50 bits per heavy atom. The summed E-state index contributed by atoms with van der Waals surface area (Å²) in [4.78, 5) is 25.3. The van der Waals surface area contributed by atoms with Crippen LogP contribution in [-0.4, -0.2) is 42.0 Å². The minimum Gasteiger partial charge on any atom is -0.339 e. The fraction of sp³-hybridized carbons (Fsp3) is 0.375. The largest absolute Gasteiger partial charge is 0.339 e. The van der Waals surface area contributed by atoms with E-state index in [2.05, 4.69) is 10.6 Å². The molecular formula is C16H18ClN3O2. The summed E-state index contributed by atoms with van der Waals surface area (Å²) in [7, 11) is 0. The van der Waals surface area contributed by atoms with Gasteiger partial charge in [0, 0.05) is 30.7 Å². The molecule has 0 bridgehead atoms. The molecule has 2 aliphatic heterocycles. The first-order valence-corrected chi connectivity index (χ1v) is 7.73. The van der Waals surface area contributed by atoms with Crippen molar-refractivity contribution in [3.8, 4) is 0 Å². The Kier molecular flexibility index (Phi) is 4.07. The molecule has 0 aromatic heterocycles. The maximum Gasteiger partial charge on any atom is 0.315 e. The Morgan fingerprint density at radius 1 is 1.23 bits per heavy atom. The van der Waals surface area contributed by atoms with E-state index in [0.717, 1.165) is 18.4 Å². The smallest absolute Gasteiger partial charge is 0.315 e. The molecular weight excluding hydrogens is 302 g/mol. The van der Waals surface area contributed by atoms with Gasteiger partial charge in [-0.3, -0.25) is 4.79 Å². The number of urea groups is 1. The third-order valence-electron chi connectivity index (χ3n) is 4.29. The molecule has 22 heavy (non-hydrogen) atoms. The summed E-state index contributed by atoms with van der Waals surface area (Å²) < 4.78 is 0. The number of benzene rings is 1. The molecule has 0 unspecified atom stereocenters. The topological polar surface area (TPSA) is 61.4 Å².